The number of aryl methyl sites for hydroxylation is 2. The van der Waals surface area contributed by atoms with E-state index in [9.17, 15) is 0 Å². The maximum absolute atomic E-state index is 6.06. The number of aromatic nitrogens is 1. The van der Waals surface area contributed by atoms with Gasteiger partial charge in [0.05, 0.1) is 14.2 Å². The van der Waals surface area contributed by atoms with Crippen molar-refractivity contribution in [3.8, 4) is 22.3 Å². The Hall–Kier alpha value is -2.53. The Bertz CT molecular complexity index is 1020. The van der Waals surface area contributed by atoms with E-state index in [4.69, 9.17) is 18.9 Å². The van der Waals surface area contributed by atoms with Crippen molar-refractivity contribution in [3.05, 3.63) is 41.5 Å². The molecule has 2 aromatic heterocycles. The van der Waals surface area contributed by atoms with Crippen LogP contribution in [-0.4, -0.2) is 19.2 Å². The summed E-state index contributed by atoms with van der Waals surface area (Å²) in [6.45, 7) is 4.17. The second kappa shape index (κ2) is 5.53. The van der Waals surface area contributed by atoms with Crippen LogP contribution in [0.4, 0.5) is 0 Å². The molecular weight excluding hydrogens is 322 g/mol. The van der Waals surface area contributed by atoms with Crippen LogP contribution in [0, 0.1) is 13.8 Å². The van der Waals surface area contributed by atoms with E-state index in [-0.39, 0.29) is 0 Å². The van der Waals surface area contributed by atoms with Crippen molar-refractivity contribution in [2.24, 2.45) is 0 Å². The molecule has 0 atom stereocenters. The number of furan rings is 1. The lowest BCUT2D eigenvalue weighted by Crippen LogP contribution is -1.87. The van der Waals surface area contributed by atoms with Crippen LogP contribution >= 0.6 is 11.3 Å². The molecule has 4 nitrogen and oxygen atoms in total. The van der Waals surface area contributed by atoms with Crippen LogP contribution < -0.4 is 9.47 Å². The molecule has 4 rings (SSSR count). The normalized spacial score (nSPS) is 11.3. The van der Waals surface area contributed by atoms with Crippen LogP contribution in [0.2, 0.25) is 0 Å². The van der Waals surface area contributed by atoms with E-state index in [1.165, 1.54) is 11.1 Å². The zero-order valence-electron chi connectivity index (χ0n) is 14.0. The third kappa shape index (κ3) is 2.24. The van der Waals surface area contributed by atoms with Gasteiger partial charge in [0.2, 0.25) is 0 Å². The largest absolute Gasteiger partial charge is 0.495 e. The van der Waals surface area contributed by atoms with Crippen molar-refractivity contribution in [3.63, 3.8) is 0 Å². The van der Waals surface area contributed by atoms with E-state index in [1.54, 1.807) is 25.6 Å². The molecule has 24 heavy (non-hydrogen) atoms. The molecule has 2 heterocycles. The fourth-order valence-electron chi connectivity index (χ4n) is 2.98. The number of rotatable bonds is 3. The predicted octanol–water partition coefficient (Wildman–Crippen LogP) is 5.34. The molecule has 2 aromatic carbocycles. The number of nitrogens with zero attached hydrogens (tertiary/aromatic N) is 1. The maximum atomic E-state index is 6.06. The Morgan fingerprint density at radius 3 is 2.50 bits per heavy atom. The molecule has 0 unspecified atom stereocenters. The molecule has 0 aliphatic rings. The minimum atomic E-state index is 0.733. The molecule has 0 N–H and O–H groups in total. The fourth-order valence-corrected chi connectivity index (χ4v) is 4.01. The summed E-state index contributed by atoms with van der Waals surface area (Å²) in [6, 6.07) is 10.0. The van der Waals surface area contributed by atoms with Crippen LogP contribution in [0.3, 0.4) is 0 Å². The van der Waals surface area contributed by atoms with Gasteiger partial charge in [-0.15, -0.1) is 11.3 Å². The summed E-state index contributed by atoms with van der Waals surface area (Å²) in [5.74, 6) is 2.29. The molecule has 0 spiro atoms. The van der Waals surface area contributed by atoms with Crippen molar-refractivity contribution in [1.29, 1.82) is 0 Å². The van der Waals surface area contributed by atoms with E-state index >= 15 is 0 Å². The molecule has 0 saturated heterocycles. The summed E-state index contributed by atoms with van der Waals surface area (Å²) in [6.07, 6.45) is 0. The second-order valence-electron chi connectivity index (χ2n) is 5.77. The number of hydrogen-bond acceptors (Lipinski definition) is 5. The van der Waals surface area contributed by atoms with Crippen LogP contribution in [0.25, 0.3) is 32.0 Å². The summed E-state index contributed by atoms with van der Waals surface area (Å²) >= 11 is 1.55. The maximum Gasteiger partial charge on any atom is 0.164 e. The molecule has 0 radical (unpaired) electrons. The topological polar surface area (TPSA) is 44.5 Å². The van der Waals surface area contributed by atoms with Crippen LogP contribution in [0.1, 0.15) is 11.1 Å². The predicted molar refractivity (Wildman–Crippen MR) is 97.4 cm³/mol. The third-order valence-electron chi connectivity index (χ3n) is 4.11. The van der Waals surface area contributed by atoms with Gasteiger partial charge in [-0.2, -0.15) is 0 Å². The lowest BCUT2D eigenvalue weighted by molar-refractivity contribution is 0.410. The Kier molecular flexibility index (Phi) is 3.46. The highest BCUT2D eigenvalue weighted by Gasteiger charge is 2.17. The van der Waals surface area contributed by atoms with Gasteiger partial charge in [-0.25, -0.2) is 4.98 Å². The lowest BCUT2D eigenvalue weighted by Gasteiger charge is -2.03. The number of ether oxygens (including phenoxy) is 2. The van der Waals surface area contributed by atoms with Crippen molar-refractivity contribution in [1.82, 2.24) is 4.98 Å². The van der Waals surface area contributed by atoms with Gasteiger partial charge >= 0.3 is 0 Å². The van der Waals surface area contributed by atoms with E-state index in [2.05, 4.69) is 32.0 Å². The SMILES string of the molecule is COc1ccc(OC)c2sc(-c3cc4c(C)cc(C)cc4o3)nc12. The van der Waals surface area contributed by atoms with Gasteiger partial charge in [0.1, 0.15) is 27.3 Å². The van der Waals surface area contributed by atoms with E-state index < -0.39 is 0 Å². The van der Waals surface area contributed by atoms with Gasteiger partial charge in [-0.05, 0) is 49.2 Å². The summed E-state index contributed by atoms with van der Waals surface area (Å²) < 4.78 is 17.9. The summed E-state index contributed by atoms with van der Waals surface area (Å²) in [4.78, 5) is 4.73. The minimum Gasteiger partial charge on any atom is -0.495 e. The van der Waals surface area contributed by atoms with Crippen molar-refractivity contribution in [2.45, 2.75) is 13.8 Å². The molecule has 0 aliphatic carbocycles. The van der Waals surface area contributed by atoms with Crippen LogP contribution in [0.5, 0.6) is 11.5 Å². The number of fused-ring (bicyclic) bond motifs is 2. The first-order chi connectivity index (χ1) is 11.6. The number of thiazole rings is 1. The second-order valence-corrected chi connectivity index (χ2v) is 6.77. The standard InChI is InChI=1S/C19H17NO3S/c1-10-7-11(2)12-9-16(23-15(12)8-10)19-20-17-13(21-3)5-6-14(22-4)18(17)24-19/h5-9H,1-4H3. The Morgan fingerprint density at radius 2 is 1.75 bits per heavy atom. The van der Waals surface area contributed by atoms with Gasteiger partial charge in [-0.3, -0.25) is 0 Å². The van der Waals surface area contributed by atoms with Crippen LogP contribution in [0.15, 0.2) is 34.7 Å². The molecule has 0 fully saturated rings. The molecule has 0 aliphatic heterocycles. The number of benzene rings is 2. The smallest absolute Gasteiger partial charge is 0.164 e. The van der Waals surface area contributed by atoms with E-state index in [0.717, 1.165) is 43.5 Å². The quantitative estimate of drug-likeness (QED) is 0.505. The van der Waals surface area contributed by atoms with Gasteiger partial charge in [-0.1, -0.05) is 6.07 Å². The van der Waals surface area contributed by atoms with Crippen molar-refractivity contribution >= 4 is 32.5 Å². The molecule has 0 amide bonds. The monoisotopic (exact) mass is 339 g/mol. The average Bonchev–Trinajstić information content (AvgIpc) is 3.17. The molecule has 122 valence electrons. The van der Waals surface area contributed by atoms with Gasteiger partial charge in [0.25, 0.3) is 0 Å². The van der Waals surface area contributed by atoms with Crippen LogP contribution in [-0.2, 0) is 0 Å². The average molecular weight is 339 g/mol. The molecule has 4 aromatic rings. The fraction of sp³-hybridized carbons (Fsp3) is 0.211. The minimum absolute atomic E-state index is 0.733. The summed E-state index contributed by atoms with van der Waals surface area (Å²) in [5, 5.41) is 1.94. The Balaban J connectivity index is 1.95. The zero-order chi connectivity index (χ0) is 16.8. The van der Waals surface area contributed by atoms with E-state index in [1.807, 2.05) is 12.1 Å². The number of hydrogen-bond donors (Lipinski definition) is 0. The highest BCUT2D eigenvalue weighted by Crippen LogP contribution is 2.41. The first kappa shape index (κ1) is 15.0. The molecular formula is C19H17NO3S. The highest BCUT2D eigenvalue weighted by molar-refractivity contribution is 7.22. The first-order valence-electron chi connectivity index (χ1n) is 7.63. The third-order valence-corrected chi connectivity index (χ3v) is 5.19. The van der Waals surface area contributed by atoms with Gasteiger partial charge < -0.3 is 13.9 Å². The van der Waals surface area contributed by atoms with Gasteiger partial charge in [0.15, 0.2) is 10.8 Å². The first-order valence-corrected chi connectivity index (χ1v) is 8.45. The van der Waals surface area contributed by atoms with Crippen molar-refractivity contribution < 1.29 is 13.9 Å². The molecule has 0 saturated carbocycles. The molecule has 5 heteroatoms. The Labute approximate surface area is 143 Å². The molecule has 0 bridgehead atoms. The summed E-state index contributed by atoms with van der Waals surface area (Å²) in [7, 11) is 3.31. The summed E-state index contributed by atoms with van der Waals surface area (Å²) in [5.41, 5.74) is 4.08. The van der Waals surface area contributed by atoms with Gasteiger partial charge in [0, 0.05) is 5.39 Å². The zero-order valence-corrected chi connectivity index (χ0v) is 14.8. The lowest BCUT2D eigenvalue weighted by atomic mass is 10.1. The number of methoxy groups -OCH3 is 2. The highest BCUT2D eigenvalue weighted by atomic mass is 32.1. The van der Waals surface area contributed by atoms with E-state index in [0.29, 0.717) is 0 Å². The Morgan fingerprint density at radius 1 is 1.00 bits per heavy atom. The van der Waals surface area contributed by atoms with Crippen molar-refractivity contribution in [2.75, 3.05) is 14.2 Å².